The lowest BCUT2D eigenvalue weighted by Crippen LogP contribution is -2.22. The van der Waals surface area contributed by atoms with Crippen LogP contribution in [0.15, 0.2) is 4.79 Å². The molecule has 0 aliphatic heterocycles. The van der Waals surface area contributed by atoms with E-state index in [-0.39, 0.29) is 5.78 Å². The molecule has 0 bridgehead atoms. The van der Waals surface area contributed by atoms with Gasteiger partial charge in [0.05, 0.1) is 0 Å². The highest BCUT2D eigenvalue weighted by Gasteiger charge is 2.37. The Kier molecular flexibility index (Phi) is 3.05. The van der Waals surface area contributed by atoms with E-state index in [0.717, 1.165) is 10.9 Å². The van der Waals surface area contributed by atoms with Crippen molar-refractivity contribution < 1.29 is 13.2 Å². The van der Waals surface area contributed by atoms with Crippen molar-refractivity contribution in [2.75, 3.05) is 0 Å². The van der Waals surface area contributed by atoms with E-state index in [0.29, 0.717) is 12.2 Å². The Morgan fingerprint density at radius 2 is 2.06 bits per heavy atom. The summed E-state index contributed by atoms with van der Waals surface area (Å²) in [4.78, 5) is 18.7. The monoisotopic (exact) mass is 280 g/mol. The highest BCUT2D eigenvalue weighted by atomic mass is 35.5. The van der Waals surface area contributed by atoms with E-state index in [1.54, 1.807) is 0 Å². The van der Waals surface area contributed by atoms with Gasteiger partial charge >= 0.3 is 6.18 Å². The summed E-state index contributed by atoms with van der Waals surface area (Å²) in [7, 11) is 0. The molecule has 9 heteroatoms. The number of H-pyrrole nitrogens is 1. The highest BCUT2D eigenvalue weighted by molar-refractivity contribution is 6.31. The standard InChI is InChI=1S/C9H8ClF3N4O/c1-2-3-4-14-8-15-6(9(11,12)13)5(10)7(18)17(8)16-4/h2-3H2,1H3,(H,14,15,16). The van der Waals surface area contributed by atoms with Crippen LogP contribution in [-0.4, -0.2) is 19.6 Å². The summed E-state index contributed by atoms with van der Waals surface area (Å²) in [5.41, 5.74) is -2.42. The highest BCUT2D eigenvalue weighted by Crippen LogP contribution is 2.31. The van der Waals surface area contributed by atoms with E-state index in [1.165, 1.54) is 0 Å². The summed E-state index contributed by atoms with van der Waals surface area (Å²) < 4.78 is 38.5. The van der Waals surface area contributed by atoms with Crippen molar-refractivity contribution in [2.24, 2.45) is 0 Å². The van der Waals surface area contributed by atoms with Gasteiger partial charge in [0.15, 0.2) is 5.69 Å². The molecular weight excluding hydrogens is 273 g/mol. The lowest BCUT2D eigenvalue weighted by atomic mass is 10.3. The van der Waals surface area contributed by atoms with Gasteiger partial charge in [-0.1, -0.05) is 18.5 Å². The summed E-state index contributed by atoms with van der Waals surface area (Å²) in [5, 5.41) is 1.60. The molecule has 0 aromatic carbocycles. The normalized spacial score (nSPS) is 12.3. The van der Waals surface area contributed by atoms with E-state index in [2.05, 4.69) is 15.1 Å². The van der Waals surface area contributed by atoms with Gasteiger partial charge in [0, 0.05) is 6.42 Å². The minimum atomic E-state index is -4.78. The summed E-state index contributed by atoms with van der Waals surface area (Å²) in [6, 6.07) is 0. The smallest absolute Gasteiger partial charge is 0.275 e. The predicted octanol–water partition coefficient (Wildman–Crippen LogP) is 2.04. The van der Waals surface area contributed by atoms with E-state index in [1.807, 2.05) is 6.92 Å². The molecule has 5 nitrogen and oxygen atoms in total. The van der Waals surface area contributed by atoms with Crippen LogP contribution in [0.2, 0.25) is 5.02 Å². The van der Waals surface area contributed by atoms with E-state index >= 15 is 0 Å². The third kappa shape index (κ3) is 2.07. The first-order valence-electron chi connectivity index (χ1n) is 5.09. The number of rotatable bonds is 2. The van der Waals surface area contributed by atoms with Crippen molar-refractivity contribution >= 4 is 17.4 Å². The van der Waals surface area contributed by atoms with Gasteiger partial charge in [-0.3, -0.25) is 9.89 Å². The number of aromatic amines is 1. The molecule has 18 heavy (non-hydrogen) atoms. The number of fused-ring (bicyclic) bond motifs is 1. The third-order valence-corrected chi connectivity index (χ3v) is 2.58. The maximum absolute atomic E-state index is 12.6. The Labute approximate surface area is 104 Å². The van der Waals surface area contributed by atoms with Crippen LogP contribution >= 0.6 is 11.6 Å². The molecule has 0 aliphatic carbocycles. The Morgan fingerprint density at radius 3 is 2.61 bits per heavy atom. The predicted molar refractivity (Wildman–Crippen MR) is 57.6 cm³/mol. The Bertz CT molecular complexity index is 646. The number of hydrogen-bond acceptors (Lipinski definition) is 3. The van der Waals surface area contributed by atoms with Gasteiger partial charge in [0.2, 0.25) is 0 Å². The zero-order chi connectivity index (χ0) is 13.5. The molecule has 2 aromatic rings. The molecule has 0 radical (unpaired) electrons. The first kappa shape index (κ1) is 12.9. The summed E-state index contributed by atoms with van der Waals surface area (Å²) in [6.45, 7) is 1.87. The zero-order valence-electron chi connectivity index (χ0n) is 9.18. The van der Waals surface area contributed by atoms with Gasteiger partial charge in [-0.05, 0) is 6.42 Å². The van der Waals surface area contributed by atoms with Crippen LogP contribution in [0.1, 0.15) is 24.9 Å². The number of aryl methyl sites for hydroxylation is 1. The number of halogens is 4. The van der Waals surface area contributed by atoms with Crippen LogP contribution in [0.4, 0.5) is 13.2 Å². The van der Waals surface area contributed by atoms with Gasteiger partial charge in [-0.15, -0.1) is 0 Å². The number of nitrogens with one attached hydrogen (secondary N) is 1. The van der Waals surface area contributed by atoms with Crippen LogP contribution in [0.25, 0.3) is 5.78 Å². The molecule has 0 amide bonds. The second kappa shape index (κ2) is 4.27. The molecule has 0 saturated carbocycles. The van der Waals surface area contributed by atoms with Crippen molar-refractivity contribution in [2.45, 2.75) is 25.9 Å². The van der Waals surface area contributed by atoms with Crippen LogP contribution in [0.3, 0.4) is 0 Å². The molecule has 0 aliphatic rings. The molecule has 2 heterocycles. The number of alkyl halides is 3. The summed E-state index contributed by atoms with van der Waals surface area (Å²) in [6.07, 6.45) is -3.55. The number of aromatic nitrogens is 4. The Morgan fingerprint density at radius 1 is 1.39 bits per heavy atom. The third-order valence-electron chi connectivity index (χ3n) is 2.24. The molecule has 0 spiro atoms. The number of hydrogen-bond donors (Lipinski definition) is 1. The molecule has 0 saturated heterocycles. The van der Waals surface area contributed by atoms with Gasteiger partial charge < -0.3 is 0 Å². The van der Waals surface area contributed by atoms with Gasteiger partial charge in [0.25, 0.3) is 11.3 Å². The van der Waals surface area contributed by atoms with Crippen molar-refractivity contribution in [1.82, 2.24) is 19.6 Å². The van der Waals surface area contributed by atoms with Gasteiger partial charge in [-0.2, -0.15) is 22.7 Å². The second-order valence-electron chi connectivity index (χ2n) is 3.63. The first-order chi connectivity index (χ1) is 8.34. The lowest BCUT2D eigenvalue weighted by molar-refractivity contribution is -0.141. The van der Waals surface area contributed by atoms with Crippen LogP contribution in [-0.2, 0) is 12.6 Å². The van der Waals surface area contributed by atoms with Crippen LogP contribution in [0, 0.1) is 0 Å². The summed E-state index contributed by atoms with van der Waals surface area (Å²) in [5.74, 6) is 0.0534. The SMILES string of the molecule is CCCc1nc2nc(C(F)(F)F)c(Cl)c(=O)n2[nH]1. The fraction of sp³-hybridized carbons (Fsp3) is 0.444. The zero-order valence-corrected chi connectivity index (χ0v) is 9.93. The molecule has 0 atom stereocenters. The maximum Gasteiger partial charge on any atom is 0.435 e. The maximum atomic E-state index is 12.6. The molecule has 2 rings (SSSR count). The molecule has 1 N–H and O–H groups in total. The number of nitrogens with zero attached hydrogens (tertiary/aromatic N) is 3. The molecule has 98 valence electrons. The fourth-order valence-corrected chi connectivity index (χ4v) is 1.71. The van der Waals surface area contributed by atoms with Crippen molar-refractivity contribution in [1.29, 1.82) is 0 Å². The Balaban J connectivity index is 2.72. The molecule has 0 fully saturated rings. The largest absolute Gasteiger partial charge is 0.435 e. The van der Waals surface area contributed by atoms with Crippen molar-refractivity contribution in [3.8, 4) is 0 Å². The fourth-order valence-electron chi connectivity index (χ4n) is 1.48. The van der Waals surface area contributed by atoms with Crippen LogP contribution < -0.4 is 5.56 Å². The molecule has 2 aromatic heterocycles. The molecular formula is C9H8ClF3N4O. The van der Waals surface area contributed by atoms with Gasteiger partial charge in [0.1, 0.15) is 10.8 Å². The quantitative estimate of drug-likeness (QED) is 0.916. The average Bonchev–Trinajstić information content (AvgIpc) is 2.65. The van der Waals surface area contributed by atoms with E-state index < -0.39 is 22.5 Å². The van der Waals surface area contributed by atoms with Crippen molar-refractivity contribution in [3.05, 3.63) is 26.9 Å². The first-order valence-corrected chi connectivity index (χ1v) is 5.46. The minimum absolute atomic E-state index is 0.333. The topological polar surface area (TPSA) is 63.1 Å². The molecule has 0 unspecified atom stereocenters. The minimum Gasteiger partial charge on any atom is -0.275 e. The van der Waals surface area contributed by atoms with E-state index in [9.17, 15) is 18.0 Å². The summed E-state index contributed by atoms with van der Waals surface area (Å²) >= 11 is 5.38. The van der Waals surface area contributed by atoms with Crippen LogP contribution in [0.5, 0.6) is 0 Å². The van der Waals surface area contributed by atoms with E-state index in [4.69, 9.17) is 11.6 Å². The lowest BCUT2D eigenvalue weighted by Gasteiger charge is -2.06. The second-order valence-corrected chi connectivity index (χ2v) is 4.01. The Hall–Kier alpha value is -1.57. The van der Waals surface area contributed by atoms with Gasteiger partial charge in [-0.25, -0.2) is 4.98 Å². The average molecular weight is 281 g/mol. The van der Waals surface area contributed by atoms with Crippen molar-refractivity contribution in [3.63, 3.8) is 0 Å².